The SMILES string of the molecule is Nc1cccc(-c2ccc(O)cc2C2CCCC2)n1. The molecule has 1 heterocycles. The van der Waals surface area contributed by atoms with Gasteiger partial charge in [-0.2, -0.15) is 0 Å². The molecule has 0 radical (unpaired) electrons. The molecule has 1 aliphatic carbocycles. The summed E-state index contributed by atoms with van der Waals surface area (Å²) in [5, 5.41) is 9.75. The van der Waals surface area contributed by atoms with Crippen LogP contribution in [0.3, 0.4) is 0 Å². The van der Waals surface area contributed by atoms with Gasteiger partial charge in [-0.15, -0.1) is 0 Å². The molecule has 1 aromatic heterocycles. The predicted molar refractivity (Wildman–Crippen MR) is 77.0 cm³/mol. The van der Waals surface area contributed by atoms with Gasteiger partial charge in [-0.05, 0) is 54.7 Å². The largest absolute Gasteiger partial charge is 0.508 e. The zero-order valence-electron chi connectivity index (χ0n) is 10.8. The topological polar surface area (TPSA) is 59.1 Å². The number of anilines is 1. The number of nitrogen functional groups attached to an aromatic ring is 1. The average Bonchev–Trinajstić information content (AvgIpc) is 2.92. The Bertz CT molecular complexity index is 589. The zero-order valence-corrected chi connectivity index (χ0v) is 10.8. The minimum atomic E-state index is 0.328. The quantitative estimate of drug-likeness (QED) is 0.859. The highest BCUT2D eigenvalue weighted by molar-refractivity contribution is 5.67. The van der Waals surface area contributed by atoms with E-state index in [9.17, 15) is 5.11 Å². The van der Waals surface area contributed by atoms with Gasteiger partial charge >= 0.3 is 0 Å². The summed E-state index contributed by atoms with van der Waals surface area (Å²) < 4.78 is 0. The van der Waals surface area contributed by atoms with Gasteiger partial charge in [0.05, 0.1) is 5.69 Å². The summed E-state index contributed by atoms with van der Waals surface area (Å²) in [7, 11) is 0. The summed E-state index contributed by atoms with van der Waals surface area (Å²) in [6.45, 7) is 0. The molecular formula is C16H18N2O. The van der Waals surface area contributed by atoms with Crippen molar-refractivity contribution < 1.29 is 5.11 Å². The lowest BCUT2D eigenvalue weighted by molar-refractivity contribution is 0.473. The highest BCUT2D eigenvalue weighted by Gasteiger charge is 2.21. The van der Waals surface area contributed by atoms with E-state index in [0.717, 1.165) is 11.3 Å². The van der Waals surface area contributed by atoms with E-state index in [1.54, 1.807) is 12.1 Å². The lowest BCUT2D eigenvalue weighted by atomic mass is 9.91. The summed E-state index contributed by atoms with van der Waals surface area (Å²) in [6, 6.07) is 11.2. The highest BCUT2D eigenvalue weighted by Crippen LogP contribution is 2.40. The fraction of sp³-hybridized carbons (Fsp3) is 0.312. The van der Waals surface area contributed by atoms with Crippen molar-refractivity contribution in [1.82, 2.24) is 4.98 Å². The maximum absolute atomic E-state index is 9.75. The molecule has 0 spiro atoms. The van der Waals surface area contributed by atoms with Crippen LogP contribution in [0.25, 0.3) is 11.3 Å². The van der Waals surface area contributed by atoms with Crippen molar-refractivity contribution in [3.05, 3.63) is 42.0 Å². The van der Waals surface area contributed by atoms with E-state index in [4.69, 9.17) is 5.73 Å². The van der Waals surface area contributed by atoms with Crippen LogP contribution in [0.4, 0.5) is 5.82 Å². The second-order valence-electron chi connectivity index (χ2n) is 5.20. The summed E-state index contributed by atoms with van der Waals surface area (Å²) in [5.41, 5.74) is 8.96. The molecule has 3 N–H and O–H groups in total. The second kappa shape index (κ2) is 4.92. The van der Waals surface area contributed by atoms with Gasteiger partial charge in [0.25, 0.3) is 0 Å². The summed E-state index contributed by atoms with van der Waals surface area (Å²) in [6.07, 6.45) is 4.92. The van der Waals surface area contributed by atoms with Crippen molar-refractivity contribution in [2.24, 2.45) is 0 Å². The van der Waals surface area contributed by atoms with Gasteiger partial charge in [-0.1, -0.05) is 18.9 Å². The van der Waals surface area contributed by atoms with Crippen molar-refractivity contribution in [2.45, 2.75) is 31.6 Å². The molecule has 0 amide bonds. The van der Waals surface area contributed by atoms with Crippen LogP contribution in [0, 0.1) is 0 Å². The van der Waals surface area contributed by atoms with Crippen molar-refractivity contribution in [1.29, 1.82) is 0 Å². The zero-order chi connectivity index (χ0) is 13.2. The molecule has 0 saturated heterocycles. The summed E-state index contributed by atoms with van der Waals surface area (Å²) in [4.78, 5) is 4.40. The third-order valence-electron chi connectivity index (χ3n) is 3.88. The molecular weight excluding hydrogens is 236 g/mol. The Labute approximate surface area is 113 Å². The fourth-order valence-electron chi connectivity index (χ4n) is 2.96. The summed E-state index contributed by atoms with van der Waals surface area (Å²) >= 11 is 0. The number of nitrogens with zero attached hydrogens (tertiary/aromatic N) is 1. The first-order chi connectivity index (χ1) is 9.24. The number of pyridine rings is 1. The van der Waals surface area contributed by atoms with E-state index in [0.29, 0.717) is 17.5 Å². The van der Waals surface area contributed by atoms with Gasteiger partial charge in [-0.3, -0.25) is 0 Å². The number of hydrogen-bond donors (Lipinski definition) is 2. The van der Waals surface area contributed by atoms with Gasteiger partial charge in [0, 0.05) is 5.56 Å². The van der Waals surface area contributed by atoms with Crippen molar-refractivity contribution in [3.8, 4) is 17.0 Å². The second-order valence-corrected chi connectivity index (χ2v) is 5.20. The van der Waals surface area contributed by atoms with E-state index in [2.05, 4.69) is 4.98 Å². The van der Waals surface area contributed by atoms with Crippen LogP contribution in [0.15, 0.2) is 36.4 Å². The minimum absolute atomic E-state index is 0.328. The van der Waals surface area contributed by atoms with Crippen LogP contribution >= 0.6 is 0 Å². The van der Waals surface area contributed by atoms with Crippen LogP contribution < -0.4 is 5.73 Å². The van der Waals surface area contributed by atoms with Gasteiger partial charge in [0.1, 0.15) is 11.6 Å². The standard InChI is InChI=1S/C16H18N2O/c17-16-7-3-6-15(18-16)13-9-8-12(19)10-14(13)11-4-1-2-5-11/h3,6-11,19H,1-2,4-5H2,(H2,17,18). The molecule has 0 aliphatic heterocycles. The van der Waals surface area contributed by atoms with E-state index in [1.165, 1.54) is 31.2 Å². The maximum Gasteiger partial charge on any atom is 0.124 e. The normalized spacial score (nSPS) is 15.8. The van der Waals surface area contributed by atoms with Gasteiger partial charge in [0.15, 0.2) is 0 Å². The van der Waals surface area contributed by atoms with Crippen molar-refractivity contribution >= 4 is 5.82 Å². The highest BCUT2D eigenvalue weighted by atomic mass is 16.3. The van der Waals surface area contributed by atoms with Crippen LogP contribution in [0.1, 0.15) is 37.2 Å². The number of hydrogen-bond acceptors (Lipinski definition) is 3. The van der Waals surface area contributed by atoms with E-state index in [-0.39, 0.29) is 0 Å². The molecule has 0 unspecified atom stereocenters. The van der Waals surface area contributed by atoms with Crippen LogP contribution in [-0.4, -0.2) is 10.1 Å². The van der Waals surface area contributed by atoms with E-state index in [1.807, 2.05) is 24.3 Å². The van der Waals surface area contributed by atoms with Gasteiger partial charge in [0.2, 0.25) is 0 Å². The average molecular weight is 254 g/mol. The minimum Gasteiger partial charge on any atom is -0.508 e. The third kappa shape index (κ3) is 2.41. The molecule has 3 heteroatoms. The number of benzene rings is 1. The smallest absolute Gasteiger partial charge is 0.124 e. The number of phenols is 1. The Morgan fingerprint density at radius 3 is 2.63 bits per heavy atom. The molecule has 1 fully saturated rings. The first kappa shape index (κ1) is 12.0. The fourth-order valence-corrected chi connectivity index (χ4v) is 2.96. The maximum atomic E-state index is 9.75. The van der Waals surface area contributed by atoms with Crippen molar-refractivity contribution in [3.63, 3.8) is 0 Å². The molecule has 98 valence electrons. The van der Waals surface area contributed by atoms with Crippen molar-refractivity contribution in [2.75, 3.05) is 5.73 Å². The number of aromatic hydroxyl groups is 1. The Balaban J connectivity index is 2.09. The molecule has 1 aromatic carbocycles. The number of rotatable bonds is 2. The lowest BCUT2D eigenvalue weighted by Crippen LogP contribution is -1.98. The van der Waals surface area contributed by atoms with Crippen LogP contribution in [0.5, 0.6) is 5.75 Å². The Kier molecular flexibility index (Phi) is 3.11. The Morgan fingerprint density at radius 1 is 1.11 bits per heavy atom. The predicted octanol–water partition coefficient (Wildman–Crippen LogP) is 3.69. The Hall–Kier alpha value is -2.03. The molecule has 0 bridgehead atoms. The van der Waals surface area contributed by atoms with Gasteiger partial charge in [-0.25, -0.2) is 4.98 Å². The third-order valence-corrected chi connectivity index (χ3v) is 3.88. The molecule has 3 nitrogen and oxygen atoms in total. The molecule has 19 heavy (non-hydrogen) atoms. The monoisotopic (exact) mass is 254 g/mol. The molecule has 0 atom stereocenters. The molecule has 3 rings (SSSR count). The van der Waals surface area contributed by atoms with E-state index < -0.39 is 0 Å². The summed E-state index contributed by atoms with van der Waals surface area (Å²) in [5.74, 6) is 1.39. The van der Waals surface area contributed by atoms with Crippen LogP contribution in [-0.2, 0) is 0 Å². The number of nitrogens with two attached hydrogens (primary N) is 1. The number of phenolic OH excluding ortho intramolecular Hbond substituents is 1. The van der Waals surface area contributed by atoms with Crippen LogP contribution in [0.2, 0.25) is 0 Å². The lowest BCUT2D eigenvalue weighted by Gasteiger charge is -2.15. The molecule has 2 aromatic rings. The molecule has 1 aliphatic rings. The first-order valence-corrected chi connectivity index (χ1v) is 6.80. The Morgan fingerprint density at radius 2 is 1.89 bits per heavy atom. The number of aromatic nitrogens is 1. The van der Waals surface area contributed by atoms with E-state index >= 15 is 0 Å². The molecule has 1 saturated carbocycles. The first-order valence-electron chi connectivity index (χ1n) is 6.80. The van der Waals surface area contributed by atoms with Gasteiger partial charge < -0.3 is 10.8 Å².